The first-order chi connectivity index (χ1) is 31.8. The topological polar surface area (TPSA) is 13.1 Å². The Labute approximate surface area is 374 Å². The number of hydrogen-bond donors (Lipinski definition) is 0. The fraction of sp³-hybridized carbons (Fsp3) is 0. The zero-order valence-corrected chi connectivity index (χ0v) is 36.3. The predicted octanol–water partition coefficient (Wildman–Crippen LogP) is 17.4. The van der Waals surface area contributed by atoms with Gasteiger partial charge in [-0.3, -0.25) is 0 Å². The minimum absolute atomic E-state index is 0.145. The maximum atomic E-state index is 6.57. The molecule has 0 unspecified atom stereocenters. The summed E-state index contributed by atoms with van der Waals surface area (Å²) in [4.78, 5) is 0. The van der Waals surface area contributed by atoms with Crippen LogP contribution in [0.1, 0.15) is 0 Å². The molecule has 0 amide bonds. The summed E-state index contributed by atoms with van der Waals surface area (Å²) in [6.07, 6.45) is 0. The second-order valence-electron chi connectivity index (χ2n) is 17.0. The van der Waals surface area contributed by atoms with Crippen molar-refractivity contribution in [1.29, 1.82) is 0 Å². The third-order valence-corrected chi connectivity index (χ3v) is 16.0. The first-order valence-electron chi connectivity index (χ1n) is 22.0. The molecule has 296 valence electrons. The van der Waals surface area contributed by atoms with Gasteiger partial charge in [-0.2, -0.15) is 0 Å². The Morgan fingerprint density at radius 1 is 0.281 bits per heavy atom. The number of benzene rings is 12. The zero-order valence-electron chi connectivity index (χ0n) is 34.6. The van der Waals surface area contributed by atoms with E-state index in [0.29, 0.717) is 0 Å². The van der Waals surface area contributed by atoms with Gasteiger partial charge in [0.05, 0.1) is 0 Å². The Hall–Kier alpha value is -7.74. The van der Waals surface area contributed by atoms with Crippen molar-refractivity contribution in [2.45, 2.75) is 0 Å². The Morgan fingerprint density at radius 2 is 0.781 bits per heavy atom. The van der Waals surface area contributed by atoms with Gasteiger partial charge in [0.2, 0.25) is 0 Å². The third kappa shape index (κ3) is 5.19. The van der Waals surface area contributed by atoms with Gasteiger partial charge in [-0.15, -0.1) is 0 Å². The molecule has 14 rings (SSSR count). The maximum absolute atomic E-state index is 6.57. The van der Waals surface area contributed by atoms with E-state index in [1.165, 1.54) is 112 Å². The van der Waals surface area contributed by atoms with Gasteiger partial charge in [0.1, 0.15) is 0 Å². The molecule has 2 aromatic heterocycles. The van der Waals surface area contributed by atoms with Crippen LogP contribution in [0.5, 0.6) is 0 Å². The minimum atomic E-state index is 0.145. The summed E-state index contributed by atoms with van der Waals surface area (Å²) < 4.78 is 9.45. The molecule has 0 aliphatic carbocycles. The molecule has 0 fully saturated rings. The summed E-state index contributed by atoms with van der Waals surface area (Å²) in [5.41, 5.74) is 12.0. The van der Waals surface area contributed by atoms with Gasteiger partial charge in [0.15, 0.2) is 0 Å². The van der Waals surface area contributed by atoms with Gasteiger partial charge < -0.3 is 0 Å². The second-order valence-corrected chi connectivity index (χ2v) is 19.3. The molecule has 0 aliphatic rings. The van der Waals surface area contributed by atoms with E-state index in [-0.39, 0.29) is 14.5 Å². The number of furan rings is 1. The number of fused-ring (bicyclic) bond motifs is 12. The summed E-state index contributed by atoms with van der Waals surface area (Å²) in [5, 5.41) is 17.5. The fourth-order valence-electron chi connectivity index (χ4n) is 10.9. The van der Waals surface area contributed by atoms with E-state index in [2.05, 4.69) is 218 Å². The van der Waals surface area contributed by atoms with Crippen molar-refractivity contribution in [2.75, 3.05) is 0 Å². The van der Waals surface area contributed by atoms with E-state index in [1.54, 1.807) is 0 Å². The molecule has 0 N–H and O–H groups in total. The van der Waals surface area contributed by atoms with Gasteiger partial charge in [-0.25, -0.2) is 0 Å². The first-order valence-corrected chi connectivity index (χ1v) is 23.7. The van der Waals surface area contributed by atoms with Crippen molar-refractivity contribution in [3.63, 3.8) is 0 Å². The molecule has 0 bridgehead atoms. The van der Waals surface area contributed by atoms with Crippen molar-refractivity contribution in [3.8, 4) is 44.5 Å². The van der Waals surface area contributed by atoms with E-state index in [1.807, 2.05) is 0 Å². The number of hydrogen-bond acceptors (Lipinski definition) is 1. The van der Waals surface area contributed by atoms with Crippen molar-refractivity contribution in [2.24, 2.45) is 0 Å². The van der Waals surface area contributed by atoms with Crippen LogP contribution in [-0.2, 0) is 0 Å². The molecule has 1 nitrogen and oxygen atoms in total. The van der Waals surface area contributed by atoms with Crippen molar-refractivity contribution >= 4 is 110 Å². The SMILES string of the molecule is c1ccc(-c2c3ccccc3c(-c3ccc4c(c3)[se]c3cccc(-c5c6ccccc6c(-c6ccc7oc8c9ccccc9ccc8c7c6)c6ccccc56)c34)c3ccccc23)cc1. The van der Waals surface area contributed by atoms with Crippen LogP contribution in [0.3, 0.4) is 0 Å². The van der Waals surface area contributed by atoms with Crippen LogP contribution in [0.4, 0.5) is 0 Å². The Bertz CT molecular complexity index is 4130. The summed E-state index contributed by atoms with van der Waals surface area (Å²) in [6.45, 7) is 0. The first kappa shape index (κ1) is 35.8. The van der Waals surface area contributed by atoms with E-state index >= 15 is 0 Å². The molecule has 14 aromatic rings. The summed E-state index contributed by atoms with van der Waals surface area (Å²) in [5.74, 6) is 0. The summed E-state index contributed by atoms with van der Waals surface area (Å²) in [6, 6.07) is 80.9. The molecule has 0 aliphatic heterocycles. The van der Waals surface area contributed by atoms with E-state index in [9.17, 15) is 0 Å². The number of rotatable bonds is 4. The molecule has 12 aromatic carbocycles. The fourth-order valence-corrected chi connectivity index (χ4v) is 13.4. The Balaban J connectivity index is 0.987. The summed E-state index contributed by atoms with van der Waals surface area (Å²) >= 11 is 0.145. The predicted molar refractivity (Wildman–Crippen MR) is 275 cm³/mol. The van der Waals surface area contributed by atoms with E-state index < -0.39 is 0 Å². The molecule has 0 saturated heterocycles. The molecular weight excluding hydrogens is 840 g/mol. The monoisotopic (exact) mass is 876 g/mol. The standard InChI is InChI=1S/C62H36OSe/c1-2-16-38(17-3-1)57-42-19-6-8-21-44(42)59(45-22-9-7-20-43(45)57)40-30-33-51-56(36-40)64-55-28-14-27-52(61(51)55)60-48-25-12-10-23-46(48)58(47-24-11-13-26-49(47)60)39-31-34-54-53(35-39)50-32-29-37-15-4-5-18-41(37)62(50)63-54/h1-36H. The van der Waals surface area contributed by atoms with Crippen LogP contribution < -0.4 is 0 Å². The molecular formula is C62H36OSe. The van der Waals surface area contributed by atoms with Crippen molar-refractivity contribution in [1.82, 2.24) is 0 Å². The quantitative estimate of drug-likeness (QED) is 0.127. The molecule has 2 heteroatoms. The van der Waals surface area contributed by atoms with Gasteiger partial charge in [0, 0.05) is 5.39 Å². The van der Waals surface area contributed by atoms with Gasteiger partial charge in [0.25, 0.3) is 0 Å². The van der Waals surface area contributed by atoms with E-state index in [4.69, 9.17) is 4.42 Å². The summed E-state index contributed by atoms with van der Waals surface area (Å²) in [7, 11) is 0. The van der Waals surface area contributed by atoms with Gasteiger partial charge in [-0.05, 0) is 5.39 Å². The van der Waals surface area contributed by atoms with E-state index in [0.717, 1.165) is 27.3 Å². The van der Waals surface area contributed by atoms with Crippen LogP contribution in [0.15, 0.2) is 223 Å². The van der Waals surface area contributed by atoms with Crippen LogP contribution >= 0.6 is 0 Å². The van der Waals surface area contributed by atoms with Crippen LogP contribution in [-0.4, -0.2) is 14.5 Å². The van der Waals surface area contributed by atoms with Crippen LogP contribution in [0.2, 0.25) is 0 Å². The molecule has 2 heterocycles. The van der Waals surface area contributed by atoms with Crippen molar-refractivity contribution in [3.05, 3.63) is 218 Å². The third-order valence-electron chi connectivity index (χ3n) is 13.6. The van der Waals surface area contributed by atoms with Gasteiger partial charge >= 0.3 is 336 Å². The van der Waals surface area contributed by atoms with Crippen LogP contribution in [0, 0.1) is 0 Å². The average molecular weight is 876 g/mol. The molecule has 0 atom stereocenters. The second kappa shape index (κ2) is 13.9. The molecule has 64 heavy (non-hydrogen) atoms. The Kier molecular flexibility index (Phi) is 7.77. The zero-order chi connectivity index (χ0) is 41.9. The van der Waals surface area contributed by atoms with Crippen LogP contribution in [0.25, 0.3) is 140 Å². The molecule has 0 radical (unpaired) electrons. The molecule has 0 saturated carbocycles. The van der Waals surface area contributed by atoms with Gasteiger partial charge in [-0.1, -0.05) is 30.3 Å². The molecule has 0 spiro atoms. The van der Waals surface area contributed by atoms with Crippen molar-refractivity contribution < 1.29 is 4.42 Å². The Morgan fingerprint density at radius 3 is 1.41 bits per heavy atom. The average Bonchev–Trinajstić information content (AvgIpc) is 3.93. The normalized spacial score (nSPS) is 12.1.